The Morgan fingerprint density at radius 2 is 2.50 bits per heavy atom. The molecule has 1 atom stereocenters. The predicted molar refractivity (Wildman–Crippen MR) is 38.5 cm³/mol. The average molecular weight is 140 g/mol. The molecule has 2 N–H and O–H groups in total. The molecule has 4 nitrogen and oxygen atoms in total. The van der Waals surface area contributed by atoms with E-state index < -0.39 is 0 Å². The van der Waals surface area contributed by atoms with Gasteiger partial charge in [0.15, 0.2) is 0 Å². The highest BCUT2D eigenvalue weighted by molar-refractivity contribution is 4.99. The monoisotopic (exact) mass is 140 g/mol. The van der Waals surface area contributed by atoms with Crippen molar-refractivity contribution in [3.8, 4) is 0 Å². The lowest BCUT2D eigenvalue weighted by atomic mass is 10.1. The number of nitrogens with two attached hydrogens (primary N) is 1. The summed E-state index contributed by atoms with van der Waals surface area (Å²) >= 11 is 0. The number of rotatable bonds is 2. The minimum atomic E-state index is 0.314. The fourth-order valence-electron chi connectivity index (χ4n) is 0.712. The Bertz CT molecular complexity index is 205. The second-order valence-electron chi connectivity index (χ2n) is 2.45. The van der Waals surface area contributed by atoms with Gasteiger partial charge in [-0.05, 0) is 0 Å². The highest BCUT2D eigenvalue weighted by atomic mass is 15.4. The quantitative estimate of drug-likeness (QED) is 0.623. The first-order chi connectivity index (χ1) is 4.74. The molecule has 0 radical (unpaired) electrons. The lowest BCUT2D eigenvalue weighted by molar-refractivity contribution is 0.704. The van der Waals surface area contributed by atoms with Gasteiger partial charge in [0.2, 0.25) is 0 Å². The first-order valence-corrected chi connectivity index (χ1v) is 3.30. The van der Waals surface area contributed by atoms with E-state index in [0.29, 0.717) is 12.5 Å². The van der Waals surface area contributed by atoms with Crippen molar-refractivity contribution in [3.63, 3.8) is 0 Å². The van der Waals surface area contributed by atoms with Crippen molar-refractivity contribution in [1.82, 2.24) is 15.0 Å². The fraction of sp³-hybridized carbons (Fsp3) is 0.667. The van der Waals surface area contributed by atoms with Crippen LogP contribution >= 0.6 is 0 Å². The highest BCUT2D eigenvalue weighted by Gasteiger charge is 2.05. The molecule has 1 heterocycles. The summed E-state index contributed by atoms with van der Waals surface area (Å²) in [7, 11) is 1.85. The summed E-state index contributed by atoms with van der Waals surface area (Å²) in [5.41, 5.74) is 6.40. The molecule has 1 aromatic rings. The Morgan fingerprint density at radius 1 is 1.80 bits per heavy atom. The molecular weight excluding hydrogens is 128 g/mol. The molecule has 0 spiro atoms. The van der Waals surface area contributed by atoms with Crippen molar-refractivity contribution in [2.24, 2.45) is 12.8 Å². The van der Waals surface area contributed by atoms with Gasteiger partial charge in [-0.3, -0.25) is 4.68 Å². The van der Waals surface area contributed by atoms with Crippen molar-refractivity contribution in [2.45, 2.75) is 12.8 Å². The van der Waals surface area contributed by atoms with E-state index >= 15 is 0 Å². The maximum absolute atomic E-state index is 5.44. The van der Waals surface area contributed by atoms with Crippen LogP contribution in [0.4, 0.5) is 0 Å². The number of hydrogen-bond acceptors (Lipinski definition) is 3. The van der Waals surface area contributed by atoms with Crippen LogP contribution in [0.15, 0.2) is 6.20 Å². The third kappa shape index (κ3) is 1.33. The van der Waals surface area contributed by atoms with Gasteiger partial charge in [0, 0.05) is 25.7 Å². The molecule has 56 valence electrons. The molecule has 0 aliphatic heterocycles. The van der Waals surface area contributed by atoms with Gasteiger partial charge in [0.1, 0.15) is 0 Å². The Hall–Kier alpha value is -0.900. The average Bonchev–Trinajstić information content (AvgIpc) is 2.34. The molecule has 10 heavy (non-hydrogen) atoms. The van der Waals surface area contributed by atoms with E-state index in [9.17, 15) is 0 Å². The van der Waals surface area contributed by atoms with Crippen LogP contribution in [-0.2, 0) is 7.05 Å². The summed E-state index contributed by atoms with van der Waals surface area (Å²) in [5.74, 6) is 0.314. The molecule has 0 saturated heterocycles. The number of nitrogens with zero attached hydrogens (tertiary/aromatic N) is 3. The first kappa shape index (κ1) is 7.21. The van der Waals surface area contributed by atoms with Gasteiger partial charge in [-0.2, -0.15) is 0 Å². The molecule has 0 aromatic carbocycles. The van der Waals surface area contributed by atoms with Crippen LogP contribution in [0.3, 0.4) is 0 Å². The van der Waals surface area contributed by atoms with Crippen molar-refractivity contribution < 1.29 is 0 Å². The van der Waals surface area contributed by atoms with Gasteiger partial charge in [0.25, 0.3) is 0 Å². The maximum atomic E-state index is 5.44. The Balaban J connectivity index is 2.74. The van der Waals surface area contributed by atoms with Crippen LogP contribution < -0.4 is 5.73 Å². The van der Waals surface area contributed by atoms with Gasteiger partial charge in [-0.15, -0.1) is 5.10 Å². The lowest BCUT2D eigenvalue weighted by Crippen LogP contribution is -2.08. The second-order valence-corrected chi connectivity index (χ2v) is 2.45. The molecule has 0 saturated carbocycles. The topological polar surface area (TPSA) is 56.7 Å². The SMILES string of the molecule is CC(CN)c1cn(C)nn1. The predicted octanol–water partition coefficient (Wildman–Crippen LogP) is -0.123. The summed E-state index contributed by atoms with van der Waals surface area (Å²) in [6.07, 6.45) is 1.89. The number of aromatic nitrogens is 3. The van der Waals surface area contributed by atoms with Crippen molar-refractivity contribution >= 4 is 0 Å². The minimum Gasteiger partial charge on any atom is -0.330 e. The third-order valence-corrected chi connectivity index (χ3v) is 1.48. The normalized spacial score (nSPS) is 13.5. The van der Waals surface area contributed by atoms with E-state index in [-0.39, 0.29) is 0 Å². The molecular formula is C6H12N4. The zero-order valence-corrected chi connectivity index (χ0v) is 6.28. The Morgan fingerprint density at radius 3 is 2.90 bits per heavy atom. The fourth-order valence-corrected chi connectivity index (χ4v) is 0.712. The van der Waals surface area contributed by atoms with Crippen molar-refractivity contribution in [1.29, 1.82) is 0 Å². The number of aryl methyl sites for hydroxylation is 1. The van der Waals surface area contributed by atoms with Crippen LogP contribution in [-0.4, -0.2) is 21.5 Å². The van der Waals surface area contributed by atoms with Crippen molar-refractivity contribution in [2.75, 3.05) is 6.54 Å². The van der Waals surface area contributed by atoms with Gasteiger partial charge in [-0.1, -0.05) is 12.1 Å². The van der Waals surface area contributed by atoms with Crippen LogP contribution in [0.2, 0.25) is 0 Å². The molecule has 0 amide bonds. The summed E-state index contributed by atoms with van der Waals surface area (Å²) in [6, 6.07) is 0. The maximum Gasteiger partial charge on any atom is 0.0867 e. The first-order valence-electron chi connectivity index (χ1n) is 3.30. The van der Waals surface area contributed by atoms with E-state index in [4.69, 9.17) is 5.73 Å². The lowest BCUT2D eigenvalue weighted by Gasteiger charge is -2.00. The molecule has 1 unspecified atom stereocenters. The van der Waals surface area contributed by atoms with Gasteiger partial charge < -0.3 is 5.73 Å². The zero-order valence-electron chi connectivity index (χ0n) is 6.28. The molecule has 4 heteroatoms. The van der Waals surface area contributed by atoms with E-state index in [2.05, 4.69) is 10.3 Å². The second kappa shape index (κ2) is 2.79. The van der Waals surface area contributed by atoms with Crippen LogP contribution in [0.5, 0.6) is 0 Å². The molecule has 0 aliphatic rings. The molecule has 0 aliphatic carbocycles. The van der Waals surface area contributed by atoms with Gasteiger partial charge in [0.05, 0.1) is 5.69 Å². The van der Waals surface area contributed by atoms with Crippen LogP contribution in [0, 0.1) is 0 Å². The van der Waals surface area contributed by atoms with E-state index in [1.165, 1.54) is 0 Å². The third-order valence-electron chi connectivity index (χ3n) is 1.48. The summed E-state index contributed by atoms with van der Waals surface area (Å²) in [5, 5.41) is 7.72. The van der Waals surface area contributed by atoms with E-state index in [1.54, 1.807) is 4.68 Å². The largest absolute Gasteiger partial charge is 0.330 e. The van der Waals surface area contributed by atoms with E-state index in [0.717, 1.165) is 5.69 Å². The zero-order chi connectivity index (χ0) is 7.56. The molecule has 1 rings (SSSR count). The summed E-state index contributed by atoms with van der Waals surface area (Å²) < 4.78 is 1.68. The van der Waals surface area contributed by atoms with Crippen molar-refractivity contribution in [3.05, 3.63) is 11.9 Å². The smallest absolute Gasteiger partial charge is 0.0867 e. The van der Waals surface area contributed by atoms with Crippen LogP contribution in [0.1, 0.15) is 18.5 Å². The van der Waals surface area contributed by atoms with Gasteiger partial charge >= 0.3 is 0 Å². The van der Waals surface area contributed by atoms with E-state index in [1.807, 2.05) is 20.2 Å². The standard InChI is InChI=1S/C6H12N4/c1-5(3-7)6-4-10(2)9-8-6/h4-5H,3,7H2,1-2H3. The molecule has 0 bridgehead atoms. The Labute approximate surface area is 60.0 Å². The molecule has 0 fully saturated rings. The molecule has 1 aromatic heterocycles. The Kier molecular flexibility index (Phi) is 2.01. The van der Waals surface area contributed by atoms with Crippen LogP contribution in [0.25, 0.3) is 0 Å². The van der Waals surface area contributed by atoms with Gasteiger partial charge in [-0.25, -0.2) is 0 Å². The number of hydrogen-bond donors (Lipinski definition) is 1. The minimum absolute atomic E-state index is 0.314. The summed E-state index contributed by atoms with van der Waals surface area (Å²) in [4.78, 5) is 0. The highest BCUT2D eigenvalue weighted by Crippen LogP contribution is 2.07. The summed E-state index contributed by atoms with van der Waals surface area (Å²) in [6.45, 7) is 2.66.